The molecule has 0 atom stereocenters. The SMILES string of the molecule is COC1=CC=C(c2ccc(OC)cc2)CC=C1. The number of hydrogen-bond acceptors (Lipinski definition) is 2. The standard InChI is InChI=1S/C15H16O2/c1-16-14-5-3-4-12(6-9-14)13-7-10-15(17-2)11-8-13/h3,5-11H,4H2,1-2H3. The number of ether oxygens (including phenoxy) is 2. The Labute approximate surface area is 102 Å². The molecule has 0 aromatic heterocycles. The molecule has 2 nitrogen and oxygen atoms in total. The number of benzene rings is 1. The van der Waals surface area contributed by atoms with Crippen molar-refractivity contribution < 1.29 is 9.47 Å². The summed E-state index contributed by atoms with van der Waals surface area (Å²) in [6, 6.07) is 8.10. The van der Waals surface area contributed by atoms with Gasteiger partial charge in [0.15, 0.2) is 0 Å². The molecular formula is C15H16O2. The first-order valence-corrected chi connectivity index (χ1v) is 5.59. The molecule has 1 aromatic rings. The maximum atomic E-state index is 5.20. The molecule has 2 rings (SSSR count). The summed E-state index contributed by atoms with van der Waals surface area (Å²) < 4.78 is 10.4. The van der Waals surface area contributed by atoms with E-state index in [1.807, 2.05) is 24.3 Å². The lowest BCUT2D eigenvalue weighted by molar-refractivity contribution is 0.307. The third-order valence-electron chi connectivity index (χ3n) is 2.77. The van der Waals surface area contributed by atoms with E-state index in [9.17, 15) is 0 Å². The molecule has 0 unspecified atom stereocenters. The maximum Gasteiger partial charge on any atom is 0.118 e. The van der Waals surface area contributed by atoms with E-state index in [0.717, 1.165) is 17.9 Å². The zero-order valence-corrected chi connectivity index (χ0v) is 10.1. The second-order valence-corrected chi connectivity index (χ2v) is 3.80. The minimum Gasteiger partial charge on any atom is -0.497 e. The number of rotatable bonds is 3. The highest BCUT2D eigenvalue weighted by Gasteiger charge is 2.03. The summed E-state index contributed by atoms with van der Waals surface area (Å²) in [5.74, 6) is 1.76. The Morgan fingerprint density at radius 3 is 2.35 bits per heavy atom. The Kier molecular flexibility index (Phi) is 3.66. The van der Waals surface area contributed by atoms with Gasteiger partial charge in [-0.1, -0.05) is 24.3 Å². The number of methoxy groups -OCH3 is 2. The first-order valence-electron chi connectivity index (χ1n) is 5.59. The van der Waals surface area contributed by atoms with Gasteiger partial charge in [-0.25, -0.2) is 0 Å². The Bertz CT molecular complexity index is 464. The minimum absolute atomic E-state index is 0.881. The van der Waals surface area contributed by atoms with Gasteiger partial charge in [-0.2, -0.15) is 0 Å². The molecule has 88 valence electrons. The van der Waals surface area contributed by atoms with E-state index in [1.165, 1.54) is 11.1 Å². The van der Waals surface area contributed by atoms with Crippen LogP contribution in [0, 0.1) is 0 Å². The van der Waals surface area contributed by atoms with Gasteiger partial charge < -0.3 is 9.47 Å². The monoisotopic (exact) mass is 228 g/mol. The highest BCUT2D eigenvalue weighted by molar-refractivity contribution is 5.69. The number of allylic oxidation sites excluding steroid dienone is 5. The van der Waals surface area contributed by atoms with E-state index < -0.39 is 0 Å². The summed E-state index contributed by atoms with van der Waals surface area (Å²) in [6.45, 7) is 0. The molecule has 0 saturated heterocycles. The molecule has 0 aliphatic heterocycles. The van der Waals surface area contributed by atoms with Gasteiger partial charge in [0.1, 0.15) is 11.5 Å². The molecular weight excluding hydrogens is 212 g/mol. The van der Waals surface area contributed by atoms with Gasteiger partial charge in [-0.05, 0) is 41.8 Å². The van der Waals surface area contributed by atoms with Gasteiger partial charge in [0, 0.05) is 0 Å². The van der Waals surface area contributed by atoms with Crippen LogP contribution in [-0.2, 0) is 4.74 Å². The largest absolute Gasteiger partial charge is 0.497 e. The van der Waals surface area contributed by atoms with Gasteiger partial charge in [0.25, 0.3) is 0 Å². The van der Waals surface area contributed by atoms with E-state index in [0.29, 0.717) is 0 Å². The molecule has 0 bridgehead atoms. The molecule has 0 saturated carbocycles. The zero-order chi connectivity index (χ0) is 12.1. The second-order valence-electron chi connectivity index (χ2n) is 3.80. The van der Waals surface area contributed by atoms with E-state index in [1.54, 1.807) is 14.2 Å². The fraction of sp³-hybridized carbons (Fsp3) is 0.200. The van der Waals surface area contributed by atoms with Crippen LogP contribution in [0.5, 0.6) is 5.75 Å². The maximum absolute atomic E-state index is 5.20. The van der Waals surface area contributed by atoms with Gasteiger partial charge in [0.2, 0.25) is 0 Å². The van der Waals surface area contributed by atoms with Gasteiger partial charge >= 0.3 is 0 Å². The average Bonchev–Trinajstić information content (AvgIpc) is 2.64. The molecule has 0 spiro atoms. The van der Waals surface area contributed by atoms with Crippen LogP contribution in [0.3, 0.4) is 0 Å². The van der Waals surface area contributed by atoms with Crippen LogP contribution in [0.2, 0.25) is 0 Å². The minimum atomic E-state index is 0.881. The fourth-order valence-corrected chi connectivity index (χ4v) is 1.76. The molecule has 0 amide bonds. The summed E-state index contributed by atoms with van der Waals surface area (Å²) in [6.07, 6.45) is 9.10. The summed E-state index contributed by atoms with van der Waals surface area (Å²) in [5.41, 5.74) is 2.49. The predicted molar refractivity (Wildman–Crippen MR) is 69.8 cm³/mol. The summed E-state index contributed by atoms with van der Waals surface area (Å²) >= 11 is 0. The molecule has 1 aromatic carbocycles. The fourth-order valence-electron chi connectivity index (χ4n) is 1.76. The number of hydrogen-bond donors (Lipinski definition) is 0. The Hall–Kier alpha value is -1.96. The second kappa shape index (κ2) is 5.39. The molecule has 17 heavy (non-hydrogen) atoms. The predicted octanol–water partition coefficient (Wildman–Crippen LogP) is 3.57. The highest BCUT2D eigenvalue weighted by Crippen LogP contribution is 2.24. The molecule has 1 aliphatic rings. The third-order valence-corrected chi connectivity index (χ3v) is 2.77. The van der Waals surface area contributed by atoms with Crippen LogP contribution in [0.1, 0.15) is 12.0 Å². The Morgan fingerprint density at radius 1 is 0.941 bits per heavy atom. The molecule has 0 radical (unpaired) electrons. The van der Waals surface area contributed by atoms with Crippen molar-refractivity contribution in [2.24, 2.45) is 0 Å². The van der Waals surface area contributed by atoms with Crippen molar-refractivity contribution in [2.75, 3.05) is 14.2 Å². The summed E-state index contributed by atoms with van der Waals surface area (Å²) in [5, 5.41) is 0. The van der Waals surface area contributed by atoms with Crippen LogP contribution in [0.15, 0.2) is 54.3 Å². The lowest BCUT2D eigenvalue weighted by Crippen LogP contribution is -1.85. The van der Waals surface area contributed by atoms with E-state index in [4.69, 9.17) is 9.47 Å². The van der Waals surface area contributed by atoms with Gasteiger partial charge in [-0.15, -0.1) is 0 Å². The third kappa shape index (κ3) is 2.78. The van der Waals surface area contributed by atoms with Crippen molar-refractivity contribution in [1.82, 2.24) is 0 Å². The van der Waals surface area contributed by atoms with E-state index in [2.05, 4.69) is 24.3 Å². The molecule has 1 aliphatic carbocycles. The zero-order valence-electron chi connectivity index (χ0n) is 10.1. The highest BCUT2D eigenvalue weighted by atomic mass is 16.5. The van der Waals surface area contributed by atoms with Crippen LogP contribution in [-0.4, -0.2) is 14.2 Å². The first kappa shape index (κ1) is 11.5. The van der Waals surface area contributed by atoms with Crippen molar-refractivity contribution in [3.8, 4) is 5.75 Å². The summed E-state index contributed by atoms with van der Waals surface area (Å²) in [4.78, 5) is 0. The average molecular weight is 228 g/mol. The topological polar surface area (TPSA) is 18.5 Å². The van der Waals surface area contributed by atoms with Crippen molar-refractivity contribution in [3.05, 3.63) is 59.9 Å². The Morgan fingerprint density at radius 2 is 1.71 bits per heavy atom. The van der Waals surface area contributed by atoms with Crippen LogP contribution >= 0.6 is 0 Å². The smallest absolute Gasteiger partial charge is 0.118 e. The molecule has 0 fully saturated rings. The van der Waals surface area contributed by atoms with Crippen molar-refractivity contribution >= 4 is 5.57 Å². The quantitative estimate of drug-likeness (QED) is 0.787. The van der Waals surface area contributed by atoms with Crippen LogP contribution < -0.4 is 4.74 Å². The molecule has 0 N–H and O–H groups in total. The van der Waals surface area contributed by atoms with Gasteiger partial charge in [0.05, 0.1) is 14.2 Å². The lowest BCUT2D eigenvalue weighted by Gasteiger charge is -2.05. The van der Waals surface area contributed by atoms with E-state index in [-0.39, 0.29) is 0 Å². The van der Waals surface area contributed by atoms with E-state index >= 15 is 0 Å². The molecule has 0 heterocycles. The van der Waals surface area contributed by atoms with Crippen LogP contribution in [0.4, 0.5) is 0 Å². The first-order chi connectivity index (χ1) is 8.33. The van der Waals surface area contributed by atoms with Gasteiger partial charge in [-0.3, -0.25) is 0 Å². The van der Waals surface area contributed by atoms with Crippen LogP contribution in [0.25, 0.3) is 5.57 Å². The summed E-state index contributed by atoms with van der Waals surface area (Å²) in [7, 11) is 3.36. The van der Waals surface area contributed by atoms with Crippen molar-refractivity contribution in [3.63, 3.8) is 0 Å². The normalized spacial score (nSPS) is 14.7. The Balaban J connectivity index is 2.25. The molecule has 2 heteroatoms. The van der Waals surface area contributed by atoms with Crippen molar-refractivity contribution in [2.45, 2.75) is 6.42 Å². The lowest BCUT2D eigenvalue weighted by atomic mass is 10.0. The van der Waals surface area contributed by atoms with Crippen molar-refractivity contribution in [1.29, 1.82) is 0 Å².